The van der Waals surface area contributed by atoms with Crippen LogP contribution in [0.25, 0.3) is 0 Å². The number of aromatic nitrogens is 4. The normalized spacial score (nSPS) is 21.8. The fourth-order valence-corrected chi connectivity index (χ4v) is 5.74. The molecule has 0 spiro atoms. The van der Waals surface area contributed by atoms with Crippen LogP contribution in [0.15, 0.2) is 35.4 Å². The van der Waals surface area contributed by atoms with E-state index in [1.807, 2.05) is 18.3 Å². The average Bonchev–Trinajstić information content (AvgIpc) is 3.49. The quantitative estimate of drug-likeness (QED) is 0.534. The molecule has 1 aliphatic carbocycles. The fraction of sp³-hybridized carbons (Fsp3) is 0.409. The van der Waals surface area contributed by atoms with E-state index in [1.165, 1.54) is 12.1 Å². The summed E-state index contributed by atoms with van der Waals surface area (Å²) in [7, 11) is -3.61. The number of H-pyrrole nitrogens is 1. The zero-order valence-corrected chi connectivity index (χ0v) is 18.7. The highest BCUT2D eigenvalue weighted by atomic mass is 32.2. The van der Waals surface area contributed by atoms with Crippen LogP contribution in [0.4, 0.5) is 15.9 Å². The molecule has 2 atom stereocenters. The van der Waals surface area contributed by atoms with Gasteiger partial charge in [0, 0.05) is 47.6 Å². The number of nitrogens with zero attached hydrogens (tertiary/aromatic N) is 3. The predicted octanol–water partition coefficient (Wildman–Crippen LogP) is 4.05. The summed E-state index contributed by atoms with van der Waals surface area (Å²) >= 11 is 0. The molecule has 5 rings (SSSR count). The topological polar surface area (TPSA) is 113 Å². The van der Waals surface area contributed by atoms with E-state index in [0.29, 0.717) is 23.6 Å². The SMILES string of the molecule is CC(C)c1ccnc(C2CCC(c3cc(Nc4ccc5c(c4F)CNS5(=O)=O)n[nH]3)C2)n1. The number of rotatable bonds is 5. The van der Waals surface area contributed by atoms with E-state index in [4.69, 9.17) is 4.98 Å². The minimum Gasteiger partial charge on any atom is -0.336 e. The van der Waals surface area contributed by atoms with Gasteiger partial charge in [0.15, 0.2) is 11.6 Å². The first-order valence-corrected chi connectivity index (χ1v) is 12.3. The van der Waals surface area contributed by atoms with Gasteiger partial charge in [-0.05, 0) is 43.4 Å². The van der Waals surface area contributed by atoms with Gasteiger partial charge < -0.3 is 5.32 Å². The van der Waals surface area contributed by atoms with Gasteiger partial charge in [-0.2, -0.15) is 5.10 Å². The number of hydrogen-bond donors (Lipinski definition) is 3. The fourth-order valence-electron chi connectivity index (χ4n) is 4.51. The summed E-state index contributed by atoms with van der Waals surface area (Å²) in [4.78, 5) is 9.25. The number of anilines is 2. The number of nitrogens with one attached hydrogen (secondary N) is 3. The summed E-state index contributed by atoms with van der Waals surface area (Å²) < 4.78 is 40.9. The lowest BCUT2D eigenvalue weighted by Gasteiger charge is -2.11. The molecule has 1 fully saturated rings. The molecule has 0 amide bonds. The first kappa shape index (κ1) is 21.0. The molecule has 0 saturated heterocycles. The van der Waals surface area contributed by atoms with E-state index in [9.17, 15) is 12.8 Å². The smallest absolute Gasteiger partial charge is 0.241 e. The van der Waals surface area contributed by atoms with Gasteiger partial charge in [-0.25, -0.2) is 27.5 Å². The largest absolute Gasteiger partial charge is 0.336 e. The molecule has 1 aromatic carbocycles. The Morgan fingerprint density at radius 1 is 1.19 bits per heavy atom. The third-order valence-electron chi connectivity index (χ3n) is 6.31. The highest BCUT2D eigenvalue weighted by molar-refractivity contribution is 7.89. The molecule has 32 heavy (non-hydrogen) atoms. The van der Waals surface area contributed by atoms with Crippen molar-refractivity contribution in [2.24, 2.45) is 0 Å². The molecular formula is C22H25FN6O2S. The van der Waals surface area contributed by atoms with Crippen LogP contribution in [0, 0.1) is 5.82 Å². The predicted molar refractivity (Wildman–Crippen MR) is 118 cm³/mol. The van der Waals surface area contributed by atoms with Crippen LogP contribution < -0.4 is 10.0 Å². The second-order valence-corrected chi connectivity index (χ2v) is 10.5. The number of sulfonamides is 1. The molecule has 168 valence electrons. The van der Waals surface area contributed by atoms with Gasteiger partial charge in [-0.3, -0.25) is 5.10 Å². The van der Waals surface area contributed by atoms with Gasteiger partial charge in [-0.1, -0.05) is 13.8 Å². The lowest BCUT2D eigenvalue weighted by Crippen LogP contribution is -2.13. The number of benzene rings is 1. The van der Waals surface area contributed by atoms with Gasteiger partial charge >= 0.3 is 0 Å². The summed E-state index contributed by atoms with van der Waals surface area (Å²) in [5, 5.41) is 10.3. The van der Waals surface area contributed by atoms with E-state index >= 15 is 0 Å². The third-order valence-corrected chi connectivity index (χ3v) is 7.80. The van der Waals surface area contributed by atoms with Crippen molar-refractivity contribution in [3.63, 3.8) is 0 Å². The average molecular weight is 457 g/mol. The summed E-state index contributed by atoms with van der Waals surface area (Å²) in [6, 6.07) is 6.70. The van der Waals surface area contributed by atoms with Crippen molar-refractivity contribution in [3.05, 3.63) is 59.1 Å². The Bertz CT molecular complexity index is 1270. The van der Waals surface area contributed by atoms with Crippen LogP contribution in [-0.4, -0.2) is 28.6 Å². The number of aromatic amines is 1. The molecule has 1 aliphatic heterocycles. The lowest BCUT2D eigenvalue weighted by molar-refractivity contribution is 0.589. The summed E-state index contributed by atoms with van der Waals surface area (Å²) in [6.45, 7) is 4.21. The number of fused-ring (bicyclic) bond motifs is 1. The standard InChI is InChI=1S/C22H25FN6O2S/c1-12(2)16-7-8-24-22(27-16)14-4-3-13(9-14)18-10-20(29-28-18)26-17-5-6-19-15(21(17)23)11-25-32(19,30)31/h5-8,10,12-14,25H,3-4,9,11H2,1-2H3,(H2,26,28,29). The molecular weight excluding hydrogens is 431 g/mol. The maximum absolute atomic E-state index is 14.8. The Balaban J connectivity index is 1.30. The van der Waals surface area contributed by atoms with Crippen molar-refractivity contribution in [2.75, 3.05) is 5.32 Å². The Morgan fingerprint density at radius 3 is 2.81 bits per heavy atom. The summed E-state index contributed by atoms with van der Waals surface area (Å²) in [6.07, 6.45) is 4.78. The van der Waals surface area contributed by atoms with Crippen LogP contribution in [-0.2, 0) is 16.6 Å². The minimum atomic E-state index is -3.61. The van der Waals surface area contributed by atoms with Crippen molar-refractivity contribution in [1.82, 2.24) is 24.9 Å². The van der Waals surface area contributed by atoms with Crippen molar-refractivity contribution in [3.8, 4) is 0 Å². The summed E-state index contributed by atoms with van der Waals surface area (Å²) in [5.41, 5.74) is 2.39. The second kappa shape index (κ2) is 7.93. The Labute approximate surface area is 186 Å². The third kappa shape index (κ3) is 3.77. The van der Waals surface area contributed by atoms with Crippen LogP contribution in [0.3, 0.4) is 0 Å². The monoisotopic (exact) mass is 456 g/mol. The molecule has 2 aromatic heterocycles. The highest BCUT2D eigenvalue weighted by Gasteiger charge is 2.31. The zero-order valence-electron chi connectivity index (χ0n) is 17.9. The van der Waals surface area contributed by atoms with Crippen molar-refractivity contribution < 1.29 is 12.8 Å². The molecule has 8 nitrogen and oxygen atoms in total. The van der Waals surface area contributed by atoms with E-state index in [-0.39, 0.29) is 22.7 Å². The Morgan fingerprint density at radius 2 is 2.00 bits per heavy atom. The molecule has 0 bridgehead atoms. The van der Waals surface area contributed by atoms with Crippen LogP contribution in [0.5, 0.6) is 0 Å². The maximum atomic E-state index is 14.8. The molecule has 1 saturated carbocycles. The van der Waals surface area contributed by atoms with Gasteiger partial charge in [-0.15, -0.1) is 0 Å². The first-order chi connectivity index (χ1) is 15.3. The molecule has 2 unspecified atom stereocenters. The maximum Gasteiger partial charge on any atom is 0.241 e. The molecule has 0 radical (unpaired) electrons. The first-order valence-electron chi connectivity index (χ1n) is 10.8. The van der Waals surface area contributed by atoms with Gasteiger partial charge in [0.05, 0.1) is 10.6 Å². The molecule has 3 N–H and O–H groups in total. The van der Waals surface area contributed by atoms with E-state index in [1.54, 1.807) is 0 Å². The van der Waals surface area contributed by atoms with Gasteiger partial charge in [0.2, 0.25) is 10.0 Å². The van der Waals surface area contributed by atoms with Crippen LogP contribution in [0.1, 0.15) is 73.6 Å². The van der Waals surface area contributed by atoms with Crippen LogP contribution in [0.2, 0.25) is 0 Å². The van der Waals surface area contributed by atoms with E-state index in [2.05, 4.69) is 39.1 Å². The van der Waals surface area contributed by atoms with E-state index < -0.39 is 15.8 Å². The Kier molecular flexibility index (Phi) is 5.21. The van der Waals surface area contributed by atoms with Crippen LogP contribution >= 0.6 is 0 Å². The van der Waals surface area contributed by atoms with E-state index in [0.717, 1.165) is 36.5 Å². The van der Waals surface area contributed by atoms with Crippen molar-refractivity contribution in [1.29, 1.82) is 0 Å². The van der Waals surface area contributed by atoms with Gasteiger partial charge in [0.25, 0.3) is 0 Å². The molecule has 10 heteroatoms. The van der Waals surface area contributed by atoms with Crippen molar-refractivity contribution in [2.45, 2.75) is 62.3 Å². The number of hydrogen-bond acceptors (Lipinski definition) is 6. The minimum absolute atomic E-state index is 0.0102. The molecule has 2 aliphatic rings. The lowest BCUT2D eigenvalue weighted by atomic mass is 10.0. The van der Waals surface area contributed by atoms with Crippen molar-refractivity contribution >= 4 is 21.5 Å². The zero-order chi connectivity index (χ0) is 22.5. The number of halogens is 1. The second-order valence-electron chi connectivity index (χ2n) is 8.76. The molecule has 3 heterocycles. The Hall–Kier alpha value is -2.85. The highest BCUT2D eigenvalue weighted by Crippen LogP contribution is 2.42. The molecule has 3 aromatic rings. The van der Waals surface area contributed by atoms with Gasteiger partial charge in [0.1, 0.15) is 5.82 Å². The summed E-state index contributed by atoms with van der Waals surface area (Å²) in [5.74, 6) is 1.79.